The molecule has 2 aromatic heterocycles. The van der Waals surface area contributed by atoms with Crippen LogP contribution in [-0.2, 0) is 6.42 Å². The Labute approximate surface area is 125 Å². The summed E-state index contributed by atoms with van der Waals surface area (Å²) >= 11 is 5.12. The highest BCUT2D eigenvalue weighted by atomic mass is 79.9. The Balaban J connectivity index is 1.99. The number of halogens is 1. The van der Waals surface area contributed by atoms with Gasteiger partial charge in [-0.2, -0.15) is 0 Å². The average molecular weight is 344 g/mol. The molecule has 104 valence electrons. The third-order valence-electron chi connectivity index (χ3n) is 2.53. The summed E-state index contributed by atoms with van der Waals surface area (Å²) in [6.45, 7) is 9.29. The molecule has 0 aliphatic heterocycles. The second kappa shape index (κ2) is 5.73. The number of nitrogens with one attached hydrogen (secondary N) is 1. The van der Waals surface area contributed by atoms with Crippen LogP contribution in [0.2, 0.25) is 0 Å². The molecule has 2 heterocycles. The van der Waals surface area contributed by atoms with E-state index in [0.29, 0.717) is 11.8 Å². The molecule has 1 N–H and O–H groups in total. The topological polar surface area (TPSA) is 51.0 Å². The van der Waals surface area contributed by atoms with Crippen LogP contribution in [0.25, 0.3) is 10.8 Å². The Hall–Kier alpha value is -0.720. The van der Waals surface area contributed by atoms with Gasteiger partial charge in [0, 0.05) is 18.5 Å². The molecule has 0 saturated heterocycles. The molecule has 0 aliphatic carbocycles. The molecular formula is C13H18BrN3OS. The molecule has 0 unspecified atom stereocenters. The second-order valence-electron chi connectivity index (χ2n) is 5.50. The Morgan fingerprint density at radius 3 is 2.68 bits per heavy atom. The maximum absolute atomic E-state index is 5.68. The Morgan fingerprint density at radius 2 is 2.11 bits per heavy atom. The summed E-state index contributed by atoms with van der Waals surface area (Å²) in [6.07, 6.45) is 0.746. The van der Waals surface area contributed by atoms with E-state index in [-0.39, 0.29) is 5.54 Å². The third kappa shape index (κ3) is 4.12. The van der Waals surface area contributed by atoms with Crippen molar-refractivity contribution in [2.75, 3.05) is 6.54 Å². The monoisotopic (exact) mass is 343 g/mol. The second-order valence-corrected chi connectivity index (χ2v) is 7.87. The van der Waals surface area contributed by atoms with Crippen LogP contribution in [0.3, 0.4) is 0 Å². The zero-order chi connectivity index (χ0) is 14.0. The van der Waals surface area contributed by atoms with Gasteiger partial charge in [0.2, 0.25) is 5.89 Å². The van der Waals surface area contributed by atoms with Crippen LogP contribution < -0.4 is 5.32 Å². The first-order chi connectivity index (χ1) is 8.85. The van der Waals surface area contributed by atoms with Crippen molar-refractivity contribution in [3.05, 3.63) is 21.3 Å². The standard InChI is InChI=1S/C13H18BrN3OS/c1-8-7-9(19-11(8)14)12-17-16-10(18-12)5-6-15-13(2,3)4/h7,15H,5-6H2,1-4H3. The first kappa shape index (κ1) is 14.7. The lowest BCUT2D eigenvalue weighted by atomic mass is 10.1. The molecule has 0 radical (unpaired) electrons. The molecule has 2 rings (SSSR count). The molecule has 0 aliphatic rings. The summed E-state index contributed by atoms with van der Waals surface area (Å²) in [5.74, 6) is 1.28. The molecule has 0 spiro atoms. The van der Waals surface area contributed by atoms with E-state index >= 15 is 0 Å². The van der Waals surface area contributed by atoms with E-state index in [1.54, 1.807) is 11.3 Å². The minimum Gasteiger partial charge on any atom is -0.420 e. The van der Waals surface area contributed by atoms with Gasteiger partial charge in [-0.05, 0) is 55.3 Å². The molecule has 0 amide bonds. The highest BCUT2D eigenvalue weighted by Crippen LogP contribution is 2.33. The molecule has 2 aromatic rings. The summed E-state index contributed by atoms with van der Waals surface area (Å²) in [4.78, 5) is 1.01. The molecule has 0 saturated carbocycles. The molecule has 0 bridgehead atoms. The minimum absolute atomic E-state index is 0.110. The van der Waals surface area contributed by atoms with Gasteiger partial charge >= 0.3 is 0 Å². The summed E-state index contributed by atoms with van der Waals surface area (Å²) in [5.41, 5.74) is 1.30. The van der Waals surface area contributed by atoms with E-state index in [1.807, 2.05) is 0 Å². The van der Waals surface area contributed by atoms with Crippen molar-refractivity contribution < 1.29 is 4.42 Å². The van der Waals surface area contributed by atoms with Crippen LogP contribution in [0.15, 0.2) is 14.3 Å². The van der Waals surface area contributed by atoms with Crippen LogP contribution in [0.4, 0.5) is 0 Å². The largest absolute Gasteiger partial charge is 0.420 e. The van der Waals surface area contributed by atoms with E-state index < -0.39 is 0 Å². The molecule has 0 aromatic carbocycles. The van der Waals surface area contributed by atoms with Gasteiger partial charge < -0.3 is 9.73 Å². The summed E-state index contributed by atoms with van der Waals surface area (Å²) < 4.78 is 6.79. The van der Waals surface area contributed by atoms with E-state index in [1.165, 1.54) is 5.56 Å². The van der Waals surface area contributed by atoms with Crippen molar-refractivity contribution in [3.63, 3.8) is 0 Å². The third-order valence-corrected chi connectivity index (χ3v) is 4.65. The maximum Gasteiger partial charge on any atom is 0.257 e. The SMILES string of the molecule is Cc1cc(-c2nnc(CCNC(C)(C)C)o2)sc1Br. The molecular weight excluding hydrogens is 326 g/mol. The number of aromatic nitrogens is 2. The Morgan fingerprint density at radius 1 is 1.37 bits per heavy atom. The zero-order valence-electron chi connectivity index (χ0n) is 11.6. The van der Waals surface area contributed by atoms with Crippen molar-refractivity contribution in [2.24, 2.45) is 0 Å². The number of hydrogen-bond acceptors (Lipinski definition) is 5. The molecule has 4 nitrogen and oxygen atoms in total. The number of thiophene rings is 1. The highest BCUT2D eigenvalue weighted by molar-refractivity contribution is 9.11. The first-order valence-corrected chi connectivity index (χ1v) is 7.80. The lowest BCUT2D eigenvalue weighted by Crippen LogP contribution is -2.37. The summed E-state index contributed by atoms with van der Waals surface area (Å²) in [5, 5.41) is 11.6. The Bertz CT molecular complexity index is 537. The number of nitrogens with zero attached hydrogens (tertiary/aromatic N) is 2. The van der Waals surface area contributed by atoms with Gasteiger partial charge in [0.15, 0.2) is 0 Å². The van der Waals surface area contributed by atoms with E-state index in [4.69, 9.17) is 4.42 Å². The average Bonchev–Trinajstić information content (AvgIpc) is 2.85. The summed E-state index contributed by atoms with van der Waals surface area (Å²) in [6, 6.07) is 2.06. The van der Waals surface area contributed by atoms with Gasteiger partial charge in [-0.25, -0.2) is 0 Å². The maximum atomic E-state index is 5.68. The van der Waals surface area contributed by atoms with E-state index in [0.717, 1.165) is 21.6 Å². The van der Waals surface area contributed by atoms with Crippen LogP contribution in [-0.4, -0.2) is 22.3 Å². The van der Waals surface area contributed by atoms with E-state index in [2.05, 4.69) is 65.2 Å². The normalized spacial score (nSPS) is 12.1. The fourth-order valence-electron chi connectivity index (χ4n) is 1.56. The molecule has 0 atom stereocenters. The highest BCUT2D eigenvalue weighted by Gasteiger charge is 2.13. The Kier molecular flexibility index (Phi) is 4.43. The number of hydrogen-bond donors (Lipinski definition) is 1. The van der Waals surface area contributed by atoms with Crippen molar-refractivity contribution in [1.82, 2.24) is 15.5 Å². The minimum atomic E-state index is 0.110. The lowest BCUT2D eigenvalue weighted by Gasteiger charge is -2.19. The quantitative estimate of drug-likeness (QED) is 0.917. The van der Waals surface area contributed by atoms with Crippen LogP contribution in [0, 0.1) is 6.92 Å². The van der Waals surface area contributed by atoms with Gasteiger partial charge in [-0.15, -0.1) is 21.5 Å². The first-order valence-electron chi connectivity index (χ1n) is 6.19. The van der Waals surface area contributed by atoms with Crippen LogP contribution >= 0.6 is 27.3 Å². The van der Waals surface area contributed by atoms with Crippen molar-refractivity contribution in [1.29, 1.82) is 0 Å². The molecule has 0 fully saturated rings. The van der Waals surface area contributed by atoms with Gasteiger partial charge in [0.25, 0.3) is 5.89 Å². The molecule has 19 heavy (non-hydrogen) atoms. The van der Waals surface area contributed by atoms with Crippen molar-refractivity contribution in [2.45, 2.75) is 39.7 Å². The van der Waals surface area contributed by atoms with Crippen molar-refractivity contribution in [3.8, 4) is 10.8 Å². The number of aryl methyl sites for hydroxylation is 1. The predicted molar refractivity (Wildman–Crippen MR) is 81.5 cm³/mol. The van der Waals surface area contributed by atoms with Gasteiger partial charge in [-0.3, -0.25) is 0 Å². The number of rotatable bonds is 4. The summed E-state index contributed by atoms with van der Waals surface area (Å²) in [7, 11) is 0. The predicted octanol–water partition coefficient (Wildman–Crippen LogP) is 3.80. The fourth-order valence-corrected chi connectivity index (χ4v) is 3.02. The van der Waals surface area contributed by atoms with Crippen LogP contribution in [0.5, 0.6) is 0 Å². The van der Waals surface area contributed by atoms with Crippen LogP contribution in [0.1, 0.15) is 32.2 Å². The lowest BCUT2D eigenvalue weighted by molar-refractivity contribution is 0.412. The molecule has 6 heteroatoms. The van der Waals surface area contributed by atoms with Crippen molar-refractivity contribution >= 4 is 27.3 Å². The fraction of sp³-hybridized carbons (Fsp3) is 0.538. The zero-order valence-corrected chi connectivity index (χ0v) is 14.0. The smallest absolute Gasteiger partial charge is 0.257 e. The van der Waals surface area contributed by atoms with E-state index in [9.17, 15) is 0 Å². The van der Waals surface area contributed by atoms with Gasteiger partial charge in [0.1, 0.15) is 0 Å². The van der Waals surface area contributed by atoms with Gasteiger partial charge in [0.05, 0.1) is 8.66 Å². The van der Waals surface area contributed by atoms with Gasteiger partial charge in [-0.1, -0.05) is 0 Å².